The van der Waals surface area contributed by atoms with Crippen LogP contribution in [0.3, 0.4) is 0 Å². The molecular formula is C14H29NO. The third-order valence-corrected chi connectivity index (χ3v) is 4.05. The lowest BCUT2D eigenvalue weighted by atomic mass is 9.90. The van der Waals surface area contributed by atoms with Crippen molar-refractivity contribution < 1.29 is 5.11 Å². The van der Waals surface area contributed by atoms with Crippen LogP contribution in [0.25, 0.3) is 0 Å². The molecule has 96 valence electrons. The molecule has 0 aliphatic heterocycles. The summed E-state index contributed by atoms with van der Waals surface area (Å²) in [5, 5.41) is 10.1. The predicted molar refractivity (Wildman–Crippen MR) is 69.6 cm³/mol. The average Bonchev–Trinajstić information content (AvgIpc) is 2.31. The second kappa shape index (κ2) is 7.29. The second-order valence-corrected chi connectivity index (χ2v) is 5.27. The quantitative estimate of drug-likeness (QED) is 0.753. The Bertz CT molecular complexity index is 184. The third kappa shape index (κ3) is 3.74. The summed E-state index contributed by atoms with van der Waals surface area (Å²) >= 11 is 0. The summed E-state index contributed by atoms with van der Waals surface area (Å²) < 4.78 is 0. The molecule has 1 saturated carbocycles. The Morgan fingerprint density at radius 2 is 1.94 bits per heavy atom. The summed E-state index contributed by atoms with van der Waals surface area (Å²) in [6.07, 6.45) is 8.30. The SMILES string of the molecule is CCCCN(C(C)CC)[C@@H]1CCCC[C@H]1O. The third-order valence-electron chi connectivity index (χ3n) is 4.05. The number of hydrogen-bond donors (Lipinski definition) is 1. The molecule has 0 radical (unpaired) electrons. The van der Waals surface area contributed by atoms with E-state index in [2.05, 4.69) is 25.7 Å². The van der Waals surface area contributed by atoms with E-state index in [1.54, 1.807) is 0 Å². The molecule has 0 aromatic carbocycles. The van der Waals surface area contributed by atoms with E-state index in [0.29, 0.717) is 12.1 Å². The molecule has 0 bridgehead atoms. The standard InChI is InChI=1S/C14H29NO/c1-4-6-11-15(12(3)5-2)13-9-7-8-10-14(13)16/h12-14,16H,4-11H2,1-3H3/t12?,13-,14-/m1/s1. The van der Waals surface area contributed by atoms with Gasteiger partial charge in [-0.2, -0.15) is 0 Å². The minimum Gasteiger partial charge on any atom is -0.391 e. The molecule has 0 aromatic heterocycles. The molecule has 1 aliphatic carbocycles. The van der Waals surface area contributed by atoms with Crippen LogP contribution in [0, 0.1) is 0 Å². The topological polar surface area (TPSA) is 23.5 Å². The van der Waals surface area contributed by atoms with Gasteiger partial charge in [0.25, 0.3) is 0 Å². The van der Waals surface area contributed by atoms with Gasteiger partial charge in [-0.1, -0.05) is 33.1 Å². The van der Waals surface area contributed by atoms with Gasteiger partial charge in [-0.15, -0.1) is 0 Å². The number of rotatable bonds is 6. The number of nitrogens with zero attached hydrogens (tertiary/aromatic N) is 1. The predicted octanol–water partition coefficient (Wildman–Crippen LogP) is 3.19. The first kappa shape index (κ1) is 14.0. The molecule has 0 heterocycles. The van der Waals surface area contributed by atoms with Gasteiger partial charge in [0, 0.05) is 12.1 Å². The second-order valence-electron chi connectivity index (χ2n) is 5.27. The van der Waals surface area contributed by atoms with E-state index in [9.17, 15) is 5.11 Å². The zero-order valence-corrected chi connectivity index (χ0v) is 11.3. The summed E-state index contributed by atoms with van der Waals surface area (Å²) in [5.41, 5.74) is 0. The van der Waals surface area contributed by atoms with E-state index in [1.807, 2.05) is 0 Å². The van der Waals surface area contributed by atoms with Crippen LogP contribution in [0.1, 0.15) is 65.7 Å². The van der Waals surface area contributed by atoms with Crippen LogP contribution < -0.4 is 0 Å². The van der Waals surface area contributed by atoms with Crippen LogP contribution >= 0.6 is 0 Å². The van der Waals surface area contributed by atoms with Crippen LogP contribution in [-0.2, 0) is 0 Å². The zero-order valence-electron chi connectivity index (χ0n) is 11.3. The first-order valence-corrected chi connectivity index (χ1v) is 7.14. The van der Waals surface area contributed by atoms with E-state index >= 15 is 0 Å². The van der Waals surface area contributed by atoms with E-state index in [-0.39, 0.29) is 6.10 Å². The molecule has 2 nitrogen and oxygen atoms in total. The molecule has 0 saturated heterocycles. The van der Waals surface area contributed by atoms with Crippen molar-refractivity contribution in [2.24, 2.45) is 0 Å². The summed E-state index contributed by atoms with van der Waals surface area (Å²) in [6.45, 7) is 7.95. The van der Waals surface area contributed by atoms with Crippen molar-refractivity contribution in [3.8, 4) is 0 Å². The van der Waals surface area contributed by atoms with Crippen molar-refractivity contribution in [1.29, 1.82) is 0 Å². The van der Waals surface area contributed by atoms with Gasteiger partial charge in [-0.25, -0.2) is 0 Å². The Kier molecular flexibility index (Phi) is 6.37. The molecule has 1 N–H and O–H groups in total. The Labute approximate surface area is 101 Å². The normalized spacial score (nSPS) is 28.3. The molecule has 1 unspecified atom stereocenters. The number of aliphatic hydroxyl groups excluding tert-OH is 1. The minimum atomic E-state index is -0.0837. The average molecular weight is 227 g/mol. The van der Waals surface area contributed by atoms with Gasteiger partial charge in [0.2, 0.25) is 0 Å². The maximum atomic E-state index is 10.1. The minimum absolute atomic E-state index is 0.0837. The van der Waals surface area contributed by atoms with Crippen molar-refractivity contribution in [3.05, 3.63) is 0 Å². The van der Waals surface area contributed by atoms with Gasteiger partial charge in [0.1, 0.15) is 0 Å². The summed E-state index contributed by atoms with van der Waals surface area (Å²) in [5.74, 6) is 0. The number of aliphatic hydroxyl groups is 1. The molecule has 16 heavy (non-hydrogen) atoms. The van der Waals surface area contributed by atoms with Gasteiger partial charge in [0.05, 0.1) is 6.10 Å². The zero-order chi connectivity index (χ0) is 12.0. The fourth-order valence-electron chi connectivity index (χ4n) is 2.77. The Balaban J connectivity index is 2.57. The van der Waals surface area contributed by atoms with E-state index in [0.717, 1.165) is 13.0 Å². The van der Waals surface area contributed by atoms with Gasteiger partial charge in [-0.3, -0.25) is 4.90 Å². The van der Waals surface area contributed by atoms with Crippen LogP contribution in [0.2, 0.25) is 0 Å². The Hall–Kier alpha value is -0.0800. The summed E-state index contributed by atoms with van der Waals surface area (Å²) in [4.78, 5) is 2.56. The van der Waals surface area contributed by atoms with E-state index in [4.69, 9.17) is 0 Å². The lowest BCUT2D eigenvalue weighted by molar-refractivity contribution is 0.000115. The molecule has 1 aliphatic rings. The molecule has 0 amide bonds. The highest BCUT2D eigenvalue weighted by molar-refractivity contribution is 4.85. The number of hydrogen-bond acceptors (Lipinski definition) is 2. The van der Waals surface area contributed by atoms with Crippen LogP contribution in [0.5, 0.6) is 0 Å². The highest BCUT2D eigenvalue weighted by Gasteiger charge is 2.30. The Morgan fingerprint density at radius 3 is 2.50 bits per heavy atom. The van der Waals surface area contributed by atoms with E-state index in [1.165, 1.54) is 38.5 Å². The smallest absolute Gasteiger partial charge is 0.0695 e. The first-order chi connectivity index (χ1) is 7.70. The van der Waals surface area contributed by atoms with Crippen molar-refractivity contribution in [1.82, 2.24) is 4.90 Å². The number of unbranched alkanes of at least 4 members (excludes halogenated alkanes) is 1. The Morgan fingerprint density at radius 1 is 1.25 bits per heavy atom. The van der Waals surface area contributed by atoms with Gasteiger partial charge >= 0.3 is 0 Å². The molecule has 0 aromatic rings. The van der Waals surface area contributed by atoms with Crippen LogP contribution in [0.4, 0.5) is 0 Å². The molecular weight excluding hydrogens is 198 g/mol. The fourth-order valence-corrected chi connectivity index (χ4v) is 2.77. The van der Waals surface area contributed by atoms with Crippen LogP contribution in [-0.4, -0.2) is 34.7 Å². The van der Waals surface area contributed by atoms with E-state index < -0.39 is 0 Å². The lowest BCUT2D eigenvalue weighted by Gasteiger charge is -2.41. The maximum absolute atomic E-state index is 10.1. The fraction of sp³-hybridized carbons (Fsp3) is 1.00. The maximum Gasteiger partial charge on any atom is 0.0695 e. The highest BCUT2D eigenvalue weighted by Crippen LogP contribution is 2.25. The van der Waals surface area contributed by atoms with Gasteiger partial charge in [0.15, 0.2) is 0 Å². The molecule has 1 rings (SSSR count). The van der Waals surface area contributed by atoms with Crippen molar-refractivity contribution >= 4 is 0 Å². The first-order valence-electron chi connectivity index (χ1n) is 7.14. The largest absolute Gasteiger partial charge is 0.391 e. The highest BCUT2D eigenvalue weighted by atomic mass is 16.3. The van der Waals surface area contributed by atoms with Crippen molar-refractivity contribution in [3.63, 3.8) is 0 Å². The summed E-state index contributed by atoms with van der Waals surface area (Å²) in [7, 11) is 0. The van der Waals surface area contributed by atoms with Crippen LogP contribution in [0.15, 0.2) is 0 Å². The van der Waals surface area contributed by atoms with Crippen molar-refractivity contribution in [2.45, 2.75) is 83.9 Å². The summed E-state index contributed by atoms with van der Waals surface area (Å²) in [6, 6.07) is 1.04. The molecule has 0 spiro atoms. The van der Waals surface area contributed by atoms with Gasteiger partial charge in [-0.05, 0) is 39.2 Å². The molecule has 3 atom stereocenters. The van der Waals surface area contributed by atoms with Gasteiger partial charge < -0.3 is 5.11 Å². The lowest BCUT2D eigenvalue weighted by Crippen LogP contribution is -2.49. The monoisotopic (exact) mass is 227 g/mol. The molecule has 2 heteroatoms. The van der Waals surface area contributed by atoms with Crippen molar-refractivity contribution in [2.75, 3.05) is 6.54 Å². The molecule has 1 fully saturated rings.